The molecule has 0 unspecified atom stereocenters. The number of nitriles is 1. The van der Waals surface area contributed by atoms with E-state index >= 15 is 0 Å². The van der Waals surface area contributed by atoms with Gasteiger partial charge in [0.15, 0.2) is 0 Å². The Morgan fingerprint density at radius 1 is 1.38 bits per heavy atom. The van der Waals surface area contributed by atoms with E-state index in [0.29, 0.717) is 18.7 Å². The zero-order valence-corrected chi connectivity index (χ0v) is 14.9. The molecule has 0 bridgehead atoms. The summed E-state index contributed by atoms with van der Waals surface area (Å²) in [4.78, 5) is 14.1. The van der Waals surface area contributed by atoms with Gasteiger partial charge in [0.2, 0.25) is 0 Å². The largest absolute Gasteiger partial charge is 0.444 e. The minimum absolute atomic E-state index is 0.264. The molecule has 0 fully saturated rings. The van der Waals surface area contributed by atoms with Crippen molar-refractivity contribution < 1.29 is 9.53 Å². The molecule has 0 aliphatic carbocycles. The summed E-state index contributed by atoms with van der Waals surface area (Å²) in [6.07, 6.45) is 2.75. The molecule has 124 valence electrons. The third kappa shape index (κ3) is 3.44. The fraction of sp³-hybridized carbons (Fsp3) is 0.368. The van der Waals surface area contributed by atoms with Crippen molar-refractivity contribution in [2.75, 3.05) is 13.1 Å². The lowest BCUT2D eigenvalue weighted by molar-refractivity contribution is 0.0273. The average molecular weight is 340 g/mol. The Bertz CT molecular complexity index is 852. The van der Waals surface area contributed by atoms with E-state index in [-0.39, 0.29) is 6.09 Å². The Morgan fingerprint density at radius 2 is 2.17 bits per heavy atom. The first kappa shape index (κ1) is 16.5. The Hall–Kier alpha value is -2.32. The summed E-state index contributed by atoms with van der Waals surface area (Å²) >= 11 is 1.63. The van der Waals surface area contributed by atoms with E-state index in [4.69, 9.17) is 10.00 Å². The Kier molecular flexibility index (Phi) is 4.33. The Labute approximate surface area is 145 Å². The maximum Gasteiger partial charge on any atom is 0.410 e. The van der Waals surface area contributed by atoms with Gasteiger partial charge in [0, 0.05) is 23.2 Å². The molecule has 2 heterocycles. The van der Waals surface area contributed by atoms with Crippen molar-refractivity contribution in [3.05, 3.63) is 40.8 Å². The lowest BCUT2D eigenvalue weighted by atomic mass is 10.00. The molecule has 2 aromatic rings. The first-order chi connectivity index (χ1) is 11.4. The predicted molar refractivity (Wildman–Crippen MR) is 96.9 cm³/mol. The number of hydrogen-bond acceptors (Lipinski definition) is 4. The highest BCUT2D eigenvalue weighted by atomic mass is 32.1. The number of rotatable bonds is 1. The van der Waals surface area contributed by atoms with Gasteiger partial charge in [-0.3, -0.25) is 0 Å². The van der Waals surface area contributed by atoms with Crippen LogP contribution in [0, 0.1) is 11.3 Å². The van der Waals surface area contributed by atoms with Gasteiger partial charge in [0.1, 0.15) is 5.60 Å². The second kappa shape index (κ2) is 6.29. The zero-order chi connectivity index (χ0) is 17.3. The van der Waals surface area contributed by atoms with Crippen LogP contribution < -0.4 is 0 Å². The molecule has 0 N–H and O–H groups in total. The quantitative estimate of drug-likeness (QED) is 0.749. The van der Waals surface area contributed by atoms with Crippen molar-refractivity contribution >= 4 is 33.1 Å². The van der Waals surface area contributed by atoms with Crippen LogP contribution in [0.5, 0.6) is 0 Å². The highest BCUT2D eigenvalue weighted by Crippen LogP contribution is 2.33. The molecule has 0 spiro atoms. The number of nitrogens with zero attached hydrogens (tertiary/aromatic N) is 2. The molecule has 0 saturated heterocycles. The first-order valence-electron chi connectivity index (χ1n) is 7.96. The van der Waals surface area contributed by atoms with Crippen molar-refractivity contribution in [2.45, 2.75) is 32.8 Å². The molecule has 24 heavy (non-hydrogen) atoms. The Morgan fingerprint density at radius 3 is 2.88 bits per heavy atom. The molecule has 1 aliphatic rings. The summed E-state index contributed by atoms with van der Waals surface area (Å²) in [6, 6.07) is 7.92. The van der Waals surface area contributed by atoms with Crippen molar-refractivity contribution in [1.82, 2.24) is 4.90 Å². The van der Waals surface area contributed by atoms with Crippen molar-refractivity contribution in [1.29, 1.82) is 5.26 Å². The topological polar surface area (TPSA) is 53.3 Å². The first-order valence-corrected chi connectivity index (χ1v) is 8.84. The van der Waals surface area contributed by atoms with E-state index in [1.165, 1.54) is 0 Å². The maximum atomic E-state index is 12.3. The van der Waals surface area contributed by atoms with Gasteiger partial charge in [-0.05, 0) is 55.8 Å². The maximum absolute atomic E-state index is 12.3. The fourth-order valence-electron chi connectivity index (χ4n) is 2.77. The van der Waals surface area contributed by atoms with Crippen LogP contribution >= 0.6 is 11.3 Å². The zero-order valence-electron chi connectivity index (χ0n) is 14.1. The summed E-state index contributed by atoms with van der Waals surface area (Å²) in [6.45, 7) is 6.88. The molecule has 5 heteroatoms. The third-order valence-electron chi connectivity index (χ3n) is 3.85. The van der Waals surface area contributed by atoms with Crippen LogP contribution in [0.2, 0.25) is 0 Å². The molecule has 4 nitrogen and oxygen atoms in total. The van der Waals surface area contributed by atoms with Gasteiger partial charge in [-0.2, -0.15) is 5.26 Å². The summed E-state index contributed by atoms with van der Waals surface area (Å²) < 4.78 is 6.58. The van der Waals surface area contributed by atoms with Gasteiger partial charge in [0.05, 0.1) is 11.6 Å². The van der Waals surface area contributed by atoms with Crippen LogP contribution in [0.25, 0.3) is 15.7 Å². The van der Waals surface area contributed by atoms with Crippen LogP contribution in [-0.4, -0.2) is 29.7 Å². The van der Waals surface area contributed by atoms with Gasteiger partial charge in [-0.1, -0.05) is 12.1 Å². The minimum atomic E-state index is -0.485. The summed E-state index contributed by atoms with van der Waals surface area (Å²) in [5.74, 6) is 0. The molecule has 1 aromatic heterocycles. The van der Waals surface area contributed by atoms with E-state index in [9.17, 15) is 4.79 Å². The summed E-state index contributed by atoms with van der Waals surface area (Å²) in [5.41, 5.74) is 2.47. The molecular formula is C19H20N2O2S. The average Bonchev–Trinajstić information content (AvgIpc) is 2.96. The molecular weight excluding hydrogens is 320 g/mol. The number of amides is 1. The number of fused-ring (bicyclic) bond motifs is 1. The highest BCUT2D eigenvalue weighted by Gasteiger charge is 2.25. The van der Waals surface area contributed by atoms with Crippen LogP contribution in [0.15, 0.2) is 29.7 Å². The summed E-state index contributed by atoms with van der Waals surface area (Å²) in [5, 5.41) is 12.3. The van der Waals surface area contributed by atoms with Crippen molar-refractivity contribution in [3.63, 3.8) is 0 Å². The van der Waals surface area contributed by atoms with Crippen molar-refractivity contribution in [2.24, 2.45) is 0 Å². The fourth-order valence-corrected chi connectivity index (χ4v) is 3.79. The van der Waals surface area contributed by atoms with E-state index in [2.05, 4.69) is 17.5 Å². The predicted octanol–water partition coefficient (Wildman–Crippen LogP) is 4.80. The van der Waals surface area contributed by atoms with Crippen LogP contribution in [-0.2, 0) is 4.74 Å². The van der Waals surface area contributed by atoms with E-state index in [0.717, 1.165) is 27.6 Å². The van der Waals surface area contributed by atoms with Crippen molar-refractivity contribution in [3.8, 4) is 6.07 Å². The molecule has 0 atom stereocenters. The summed E-state index contributed by atoms with van der Waals surface area (Å²) in [7, 11) is 0. The number of carbonyl (C=O) groups excluding carboxylic acids is 1. The van der Waals surface area contributed by atoms with E-state index in [1.807, 2.05) is 39.0 Å². The third-order valence-corrected chi connectivity index (χ3v) is 4.80. The number of thiophene rings is 1. The van der Waals surface area contributed by atoms with Gasteiger partial charge >= 0.3 is 6.09 Å². The van der Waals surface area contributed by atoms with Crippen LogP contribution in [0.1, 0.15) is 38.3 Å². The standard InChI is InChI=1S/C19H20N2O2S/c1-19(2,3)23-18(22)21-8-4-5-14(11-21)16-12-24-17-9-13(10-20)6-7-15(16)17/h5-7,9,12H,4,8,11H2,1-3H3. The van der Waals surface area contributed by atoms with Gasteiger partial charge < -0.3 is 9.64 Å². The lowest BCUT2D eigenvalue weighted by Gasteiger charge is -2.30. The molecule has 0 saturated carbocycles. The number of ether oxygens (including phenoxy) is 1. The van der Waals surface area contributed by atoms with Gasteiger partial charge in [0.25, 0.3) is 0 Å². The lowest BCUT2D eigenvalue weighted by Crippen LogP contribution is -2.39. The van der Waals surface area contributed by atoms with Crippen LogP contribution in [0.3, 0.4) is 0 Å². The molecule has 1 aromatic carbocycles. The monoisotopic (exact) mass is 340 g/mol. The minimum Gasteiger partial charge on any atom is -0.444 e. The SMILES string of the molecule is CC(C)(C)OC(=O)N1CCC=C(c2csc3cc(C#N)ccc23)C1. The second-order valence-electron chi connectivity index (χ2n) is 6.89. The van der Waals surface area contributed by atoms with Gasteiger partial charge in [-0.15, -0.1) is 11.3 Å². The number of carbonyl (C=O) groups is 1. The molecule has 1 aliphatic heterocycles. The number of hydrogen-bond donors (Lipinski definition) is 0. The van der Waals surface area contributed by atoms with E-state index in [1.54, 1.807) is 16.2 Å². The molecule has 0 radical (unpaired) electrons. The van der Waals surface area contributed by atoms with Crippen LogP contribution in [0.4, 0.5) is 4.79 Å². The highest BCUT2D eigenvalue weighted by molar-refractivity contribution is 7.17. The normalized spacial score (nSPS) is 15.1. The smallest absolute Gasteiger partial charge is 0.410 e. The Balaban J connectivity index is 1.84. The number of benzene rings is 1. The van der Waals surface area contributed by atoms with E-state index < -0.39 is 5.60 Å². The second-order valence-corrected chi connectivity index (χ2v) is 7.80. The van der Waals surface area contributed by atoms with Gasteiger partial charge in [-0.25, -0.2) is 4.79 Å². The molecule has 3 rings (SSSR count). The molecule has 1 amide bonds.